The van der Waals surface area contributed by atoms with E-state index in [2.05, 4.69) is 0 Å². The Balaban J connectivity index is 0.000000537. The molecule has 3 aromatic rings. The van der Waals surface area contributed by atoms with Gasteiger partial charge in [-0.1, -0.05) is 48.5 Å². The number of nitrogens with two attached hydrogens (primary N) is 1. The molecule has 0 fully saturated rings. The van der Waals surface area contributed by atoms with Gasteiger partial charge in [-0.25, -0.2) is 4.79 Å². The molecule has 0 saturated heterocycles. The van der Waals surface area contributed by atoms with Gasteiger partial charge >= 0.3 is 5.97 Å². The Morgan fingerprint density at radius 1 is 1.03 bits per heavy atom. The van der Waals surface area contributed by atoms with Crippen LogP contribution in [0.1, 0.15) is 11.1 Å². The van der Waals surface area contributed by atoms with Gasteiger partial charge in [-0.05, 0) is 40.6 Å². The largest absolute Gasteiger partial charge is 0.423 e. The summed E-state index contributed by atoms with van der Waals surface area (Å²) in [7, 11) is -3.67. The second-order valence-electron chi connectivity index (χ2n) is 6.04. The first-order valence-electron chi connectivity index (χ1n) is 8.37. The number of nitrogens with one attached hydrogen (secondary N) is 1. The van der Waals surface area contributed by atoms with E-state index in [0.717, 1.165) is 16.3 Å². The number of ether oxygens (including phenoxy) is 1. The zero-order valence-electron chi connectivity index (χ0n) is 15.6. The van der Waals surface area contributed by atoms with Crippen molar-refractivity contribution in [2.45, 2.75) is 0 Å². The number of hydrogen-bond acceptors (Lipinski definition) is 5. The molecule has 0 amide bonds. The summed E-state index contributed by atoms with van der Waals surface area (Å²) in [6.07, 6.45) is 3.83. The van der Waals surface area contributed by atoms with Crippen molar-refractivity contribution in [1.29, 1.82) is 5.41 Å². The standard InChI is InChI=1S/C20H16N2O2.CH4O3S/c21-20(22)17-8-7-16-13-18(10-9-15(16)12-17)24-19(23)11-6-14-4-2-1-3-5-14;1-5(2,3)4/h1-13H,(H3,21,22);1H3,(H,2,3,4). The van der Waals surface area contributed by atoms with E-state index in [4.69, 9.17) is 20.4 Å². The fraction of sp³-hybridized carbons (Fsp3) is 0.0476. The number of hydrogen-bond donors (Lipinski definition) is 3. The highest BCUT2D eigenvalue weighted by Gasteiger charge is 2.04. The van der Waals surface area contributed by atoms with Crippen LogP contribution in [0.3, 0.4) is 0 Å². The summed E-state index contributed by atoms with van der Waals surface area (Å²) >= 11 is 0. The highest BCUT2D eigenvalue weighted by molar-refractivity contribution is 7.85. The van der Waals surface area contributed by atoms with Gasteiger partial charge in [-0.15, -0.1) is 0 Å². The molecule has 0 aliphatic rings. The summed E-state index contributed by atoms with van der Waals surface area (Å²) in [6.45, 7) is 0. The van der Waals surface area contributed by atoms with Crippen molar-refractivity contribution in [1.82, 2.24) is 0 Å². The number of nitrogen functional groups attached to an aromatic ring is 1. The van der Waals surface area contributed by atoms with Crippen LogP contribution in [0.4, 0.5) is 0 Å². The van der Waals surface area contributed by atoms with Crippen LogP contribution in [0.25, 0.3) is 16.8 Å². The Morgan fingerprint density at radius 3 is 2.24 bits per heavy atom. The molecule has 0 aliphatic heterocycles. The Kier molecular flexibility index (Phi) is 7.24. The van der Waals surface area contributed by atoms with Crippen molar-refractivity contribution in [3.8, 4) is 5.75 Å². The molecule has 0 bridgehead atoms. The highest BCUT2D eigenvalue weighted by atomic mass is 32.2. The smallest absolute Gasteiger partial charge is 0.336 e. The van der Waals surface area contributed by atoms with Gasteiger partial charge in [0.15, 0.2) is 0 Å². The lowest BCUT2D eigenvalue weighted by Gasteiger charge is -2.05. The van der Waals surface area contributed by atoms with Gasteiger partial charge in [-0.3, -0.25) is 9.96 Å². The highest BCUT2D eigenvalue weighted by Crippen LogP contribution is 2.22. The van der Waals surface area contributed by atoms with Crippen LogP contribution in [0.5, 0.6) is 5.75 Å². The van der Waals surface area contributed by atoms with E-state index in [9.17, 15) is 13.2 Å². The molecular weight excluding hydrogens is 392 g/mol. The van der Waals surface area contributed by atoms with Crippen LogP contribution in [0, 0.1) is 5.41 Å². The summed E-state index contributed by atoms with van der Waals surface area (Å²) in [5.41, 5.74) is 7.09. The van der Waals surface area contributed by atoms with Gasteiger partial charge in [0, 0.05) is 11.6 Å². The molecule has 0 spiro atoms. The first-order valence-corrected chi connectivity index (χ1v) is 10.2. The molecule has 0 atom stereocenters. The van der Waals surface area contributed by atoms with E-state index in [0.29, 0.717) is 17.6 Å². The third kappa shape index (κ3) is 7.96. The summed E-state index contributed by atoms with van der Waals surface area (Å²) in [6, 6.07) is 20.3. The molecule has 0 aliphatic carbocycles. The lowest BCUT2D eigenvalue weighted by Crippen LogP contribution is -2.10. The Morgan fingerprint density at radius 2 is 1.62 bits per heavy atom. The topological polar surface area (TPSA) is 131 Å². The Labute approximate surface area is 168 Å². The van der Waals surface area contributed by atoms with E-state index in [1.807, 2.05) is 48.5 Å². The maximum Gasteiger partial charge on any atom is 0.336 e. The SMILES string of the molecule is CS(=O)(=O)O.N=C(N)c1ccc2cc(OC(=O)C=Cc3ccccc3)ccc2c1. The van der Waals surface area contributed by atoms with Crippen molar-refractivity contribution in [3.05, 3.63) is 83.9 Å². The fourth-order valence-electron chi connectivity index (χ4n) is 2.33. The molecule has 150 valence electrons. The number of esters is 1. The zero-order valence-corrected chi connectivity index (χ0v) is 16.4. The number of carbonyl (C=O) groups excluding carboxylic acids is 1. The van der Waals surface area contributed by atoms with Crippen LogP contribution < -0.4 is 10.5 Å². The molecule has 29 heavy (non-hydrogen) atoms. The molecule has 4 N–H and O–H groups in total. The van der Waals surface area contributed by atoms with Gasteiger partial charge in [-0.2, -0.15) is 8.42 Å². The number of fused-ring (bicyclic) bond motifs is 1. The molecule has 0 heterocycles. The average Bonchev–Trinajstić information content (AvgIpc) is 2.65. The van der Waals surface area contributed by atoms with Gasteiger partial charge in [0.05, 0.1) is 6.26 Å². The van der Waals surface area contributed by atoms with E-state index < -0.39 is 16.1 Å². The van der Waals surface area contributed by atoms with E-state index in [1.165, 1.54) is 6.08 Å². The molecule has 0 saturated carbocycles. The lowest BCUT2D eigenvalue weighted by molar-refractivity contribution is -0.128. The van der Waals surface area contributed by atoms with Crippen LogP contribution >= 0.6 is 0 Å². The number of amidine groups is 1. The summed E-state index contributed by atoms with van der Waals surface area (Å²) in [4.78, 5) is 11.9. The molecule has 3 rings (SSSR count). The van der Waals surface area contributed by atoms with Gasteiger partial charge < -0.3 is 10.5 Å². The minimum atomic E-state index is -3.67. The Bertz CT molecular complexity index is 1150. The second-order valence-corrected chi connectivity index (χ2v) is 7.50. The average molecular weight is 412 g/mol. The quantitative estimate of drug-likeness (QED) is 0.151. The molecule has 0 aromatic heterocycles. The molecule has 7 nitrogen and oxygen atoms in total. The van der Waals surface area contributed by atoms with Crippen LogP contribution in [-0.2, 0) is 14.9 Å². The summed E-state index contributed by atoms with van der Waals surface area (Å²) in [5.74, 6) is 0.0674. The van der Waals surface area contributed by atoms with Crippen molar-refractivity contribution in [2.24, 2.45) is 5.73 Å². The third-order valence-corrected chi connectivity index (χ3v) is 3.55. The van der Waals surface area contributed by atoms with Crippen molar-refractivity contribution in [2.75, 3.05) is 6.26 Å². The number of rotatable bonds is 4. The fourth-order valence-corrected chi connectivity index (χ4v) is 2.33. The normalized spacial score (nSPS) is 11.0. The van der Waals surface area contributed by atoms with E-state index in [-0.39, 0.29) is 5.84 Å². The third-order valence-electron chi connectivity index (χ3n) is 3.55. The van der Waals surface area contributed by atoms with Crippen molar-refractivity contribution < 1.29 is 22.5 Å². The molecule has 8 heteroatoms. The molecule has 0 unspecified atom stereocenters. The van der Waals surface area contributed by atoms with Gasteiger partial charge in [0.2, 0.25) is 0 Å². The molecule has 3 aromatic carbocycles. The van der Waals surface area contributed by atoms with Gasteiger partial charge in [0.25, 0.3) is 10.1 Å². The number of carbonyl (C=O) groups is 1. The van der Waals surface area contributed by atoms with E-state index >= 15 is 0 Å². The maximum absolute atomic E-state index is 11.9. The second kappa shape index (κ2) is 9.63. The van der Waals surface area contributed by atoms with Gasteiger partial charge in [0.1, 0.15) is 11.6 Å². The van der Waals surface area contributed by atoms with Crippen molar-refractivity contribution >= 4 is 38.8 Å². The number of benzene rings is 3. The lowest BCUT2D eigenvalue weighted by atomic mass is 10.1. The summed E-state index contributed by atoms with van der Waals surface area (Å²) in [5, 5.41) is 9.31. The minimum Gasteiger partial charge on any atom is -0.423 e. The van der Waals surface area contributed by atoms with Crippen LogP contribution in [0.15, 0.2) is 72.8 Å². The predicted octanol–water partition coefficient (Wildman–Crippen LogP) is 3.25. The van der Waals surface area contributed by atoms with Crippen molar-refractivity contribution in [3.63, 3.8) is 0 Å². The first-order chi connectivity index (χ1) is 13.6. The first kappa shape index (κ1) is 21.8. The minimum absolute atomic E-state index is 0.0263. The Hall–Kier alpha value is -3.49. The zero-order chi connectivity index (χ0) is 21.4. The van der Waals surface area contributed by atoms with E-state index in [1.54, 1.807) is 24.3 Å². The summed E-state index contributed by atoms with van der Waals surface area (Å²) < 4.78 is 31.2. The monoisotopic (exact) mass is 412 g/mol. The van der Waals surface area contributed by atoms with Crippen LogP contribution in [0.2, 0.25) is 0 Å². The molecule has 0 radical (unpaired) electrons. The van der Waals surface area contributed by atoms with Crippen LogP contribution in [-0.4, -0.2) is 31.0 Å². The predicted molar refractivity (Wildman–Crippen MR) is 114 cm³/mol. The maximum atomic E-state index is 11.9. The molecular formula is C21H20N2O5S.